The second-order valence-corrected chi connectivity index (χ2v) is 5.13. The predicted molar refractivity (Wildman–Crippen MR) is 65.5 cm³/mol. The first-order chi connectivity index (χ1) is 8.99. The number of carboxylic acids is 1. The highest BCUT2D eigenvalue weighted by atomic mass is 32.2. The number of halogens is 2. The highest BCUT2D eigenvalue weighted by Crippen LogP contribution is 2.39. The molecule has 19 heavy (non-hydrogen) atoms. The molecular formula is C12H11F2NO3S. The van der Waals surface area contributed by atoms with Crippen molar-refractivity contribution < 1.29 is 23.5 Å². The lowest BCUT2D eigenvalue weighted by Gasteiger charge is -2.23. The third-order valence-corrected chi connectivity index (χ3v) is 4.00. The molecule has 0 radical (unpaired) electrons. The van der Waals surface area contributed by atoms with Crippen LogP contribution in [0.4, 0.5) is 8.78 Å². The van der Waals surface area contributed by atoms with Crippen LogP contribution in [0.3, 0.4) is 0 Å². The number of nitrogens with zero attached hydrogens (tertiary/aromatic N) is 1. The fraction of sp³-hybridized carbons (Fsp3) is 0.333. The van der Waals surface area contributed by atoms with E-state index in [0.29, 0.717) is 0 Å². The van der Waals surface area contributed by atoms with Crippen molar-refractivity contribution in [1.29, 1.82) is 0 Å². The van der Waals surface area contributed by atoms with Crippen LogP contribution in [0.2, 0.25) is 0 Å². The van der Waals surface area contributed by atoms with Gasteiger partial charge in [0.2, 0.25) is 5.91 Å². The van der Waals surface area contributed by atoms with E-state index in [-0.39, 0.29) is 30.2 Å². The monoisotopic (exact) mass is 287 g/mol. The van der Waals surface area contributed by atoms with Crippen LogP contribution >= 0.6 is 11.8 Å². The molecule has 7 heteroatoms. The second-order valence-electron chi connectivity index (χ2n) is 4.06. The van der Waals surface area contributed by atoms with Gasteiger partial charge in [0.05, 0.1) is 12.2 Å². The standard InChI is InChI=1S/C12H11F2NO3S/c13-7-1-2-8(9(14)5-7)12-15(4-3-11(17)18)10(16)6-19-12/h1-2,5,12H,3-4,6H2,(H,17,18). The van der Waals surface area contributed by atoms with E-state index in [9.17, 15) is 18.4 Å². The number of benzene rings is 1. The lowest BCUT2D eigenvalue weighted by molar-refractivity contribution is -0.138. The van der Waals surface area contributed by atoms with Gasteiger partial charge in [0.15, 0.2) is 0 Å². The summed E-state index contributed by atoms with van der Waals surface area (Å²) in [7, 11) is 0. The fourth-order valence-corrected chi connectivity index (χ4v) is 3.11. The molecule has 0 spiro atoms. The van der Waals surface area contributed by atoms with E-state index in [0.717, 1.165) is 12.1 Å². The first kappa shape index (κ1) is 13.8. The molecule has 1 aliphatic rings. The Morgan fingerprint density at radius 2 is 2.21 bits per heavy atom. The lowest BCUT2D eigenvalue weighted by Crippen LogP contribution is -2.30. The molecule has 1 amide bonds. The fourth-order valence-electron chi connectivity index (χ4n) is 1.87. The number of carbonyl (C=O) groups is 2. The third kappa shape index (κ3) is 3.04. The minimum absolute atomic E-state index is 0.0165. The number of thioether (sulfide) groups is 1. The van der Waals surface area contributed by atoms with Crippen molar-refractivity contribution in [3.8, 4) is 0 Å². The molecular weight excluding hydrogens is 276 g/mol. The predicted octanol–water partition coefficient (Wildman–Crippen LogP) is 2.01. The van der Waals surface area contributed by atoms with Crippen molar-refractivity contribution in [2.45, 2.75) is 11.8 Å². The van der Waals surface area contributed by atoms with Gasteiger partial charge in [0, 0.05) is 18.2 Å². The Morgan fingerprint density at radius 1 is 1.47 bits per heavy atom. The van der Waals surface area contributed by atoms with Crippen molar-refractivity contribution in [3.05, 3.63) is 35.4 Å². The minimum Gasteiger partial charge on any atom is -0.481 e. The molecule has 1 aliphatic heterocycles. The van der Waals surface area contributed by atoms with E-state index in [4.69, 9.17) is 5.11 Å². The quantitative estimate of drug-likeness (QED) is 0.920. The van der Waals surface area contributed by atoms with Crippen LogP contribution in [0.1, 0.15) is 17.4 Å². The highest BCUT2D eigenvalue weighted by Gasteiger charge is 2.34. The van der Waals surface area contributed by atoms with Crippen LogP contribution in [0, 0.1) is 11.6 Å². The van der Waals surface area contributed by atoms with E-state index in [1.807, 2.05) is 0 Å². The average molecular weight is 287 g/mol. The van der Waals surface area contributed by atoms with Gasteiger partial charge in [-0.15, -0.1) is 11.8 Å². The average Bonchev–Trinajstić information content (AvgIpc) is 2.68. The molecule has 102 valence electrons. The Bertz CT molecular complexity index is 524. The number of hydrogen-bond acceptors (Lipinski definition) is 3. The van der Waals surface area contributed by atoms with Gasteiger partial charge in [0.25, 0.3) is 0 Å². The first-order valence-electron chi connectivity index (χ1n) is 5.57. The van der Waals surface area contributed by atoms with E-state index in [1.165, 1.54) is 22.7 Å². The number of carboxylic acid groups (broad SMARTS) is 1. The summed E-state index contributed by atoms with van der Waals surface area (Å²) in [4.78, 5) is 23.5. The van der Waals surface area contributed by atoms with Crippen LogP contribution in [0.25, 0.3) is 0 Å². The zero-order valence-corrected chi connectivity index (χ0v) is 10.6. The summed E-state index contributed by atoms with van der Waals surface area (Å²) >= 11 is 1.20. The molecule has 2 rings (SSSR count). The highest BCUT2D eigenvalue weighted by molar-refractivity contribution is 8.00. The maximum absolute atomic E-state index is 13.7. The molecule has 4 nitrogen and oxygen atoms in total. The van der Waals surface area contributed by atoms with Crippen molar-refractivity contribution in [3.63, 3.8) is 0 Å². The number of amides is 1. The number of aliphatic carboxylic acids is 1. The van der Waals surface area contributed by atoms with E-state index in [2.05, 4.69) is 0 Å². The van der Waals surface area contributed by atoms with Crippen LogP contribution < -0.4 is 0 Å². The maximum Gasteiger partial charge on any atom is 0.305 e. The van der Waals surface area contributed by atoms with Gasteiger partial charge in [-0.1, -0.05) is 6.07 Å². The maximum atomic E-state index is 13.7. The van der Waals surface area contributed by atoms with Crippen molar-refractivity contribution in [2.75, 3.05) is 12.3 Å². The summed E-state index contributed by atoms with van der Waals surface area (Å²) in [5.41, 5.74) is 0.197. The van der Waals surface area contributed by atoms with E-state index >= 15 is 0 Å². The van der Waals surface area contributed by atoms with Gasteiger partial charge < -0.3 is 10.0 Å². The Hall–Kier alpha value is -1.63. The molecule has 0 aliphatic carbocycles. The zero-order valence-electron chi connectivity index (χ0n) is 9.81. The van der Waals surface area contributed by atoms with Crippen molar-refractivity contribution in [1.82, 2.24) is 4.90 Å². The van der Waals surface area contributed by atoms with Gasteiger partial charge in [0.1, 0.15) is 17.0 Å². The lowest BCUT2D eigenvalue weighted by atomic mass is 10.2. The molecule has 0 aromatic heterocycles. The Balaban J connectivity index is 2.21. The summed E-state index contributed by atoms with van der Waals surface area (Å²) in [6.07, 6.45) is -0.203. The largest absolute Gasteiger partial charge is 0.481 e. The summed E-state index contributed by atoms with van der Waals surface area (Å²) in [5.74, 6) is -2.51. The summed E-state index contributed by atoms with van der Waals surface area (Å²) < 4.78 is 26.6. The molecule has 1 aromatic rings. The third-order valence-electron chi connectivity index (χ3n) is 2.76. The Labute approximate surface area is 112 Å². The Morgan fingerprint density at radius 3 is 2.84 bits per heavy atom. The number of hydrogen-bond donors (Lipinski definition) is 1. The number of carbonyl (C=O) groups excluding carboxylic acids is 1. The molecule has 0 bridgehead atoms. The minimum atomic E-state index is -1.02. The van der Waals surface area contributed by atoms with E-state index < -0.39 is 23.0 Å². The SMILES string of the molecule is O=C(O)CCN1C(=O)CSC1c1ccc(F)cc1F. The van der Waals surface area contributed by atoms with Crippen LogP contribution in [0.15, 0.2) is 18.2 Å². The van der Waals surface area contributed by atoms with Gasteiger partial charge in [-0.05, 0) is 6.07 Å². The zero-order chi connectivity index (χ0) is 14.0. The van der Waals surface area contributed by atoms with Crippen LogP contribution in [-0.4, -0.2) is 34.2 Å². The van der Waals surface area contributed by atoms with Crippen LogP contribution in [0.5, 0.6) is 0 Å². The van der Waals surface area contributed by atoms with E-state index in [1.54, 1.807) is 0 Å². The molecule has 1 unspecified atom stereocenters. The van der Waals surface area contributed by atoms with Crippen molar-refractivity contribution in [2.24, 2.45) is 0 Å². The van der Waals surface area contributed by atoms with Gasteiger partial charge in [-0.25, -0.2) is 8.78 Å². The van der Waals surface area contributed by atoms with Gasteiger partial charge >= 0.3 is 5.97 Å². The molecule has 1 N–H and O–H groups in total. The molecule has 1 saturated heterocycles. The van der Waals surface area contributed by atoms with Crippen molar-refractivity contribution >= 4 is 23.6 Å². The summed E-state index contributed by atoms with van der Waals surface area (Å²) in [5, 5.41) is 8.05. The smallest absolute Gasteiger partial charge is 0.305 e. The molecule has 1 heterocycles. The summed E-state index contributed by atoms with van der Waals surface area (Å²) in [6, 6.07) is 3.17. The van der Waals surface area contributed by atoms with Crippen LogP contribution in [-0.2, 0) is 9.59 Å². The molecule has 1 aromatic carbocycles. The number of rotatable bonds is 4. The summed E-state index contributed by atoms with van der Waals surface area (Å²) in [6.45, 7) is 0.0165. The van der Waals surface area contributed by atoms with Gasteiger partial charge in [-0.2, -0.15) is 0 Å². The molecule has 1 atom stereocenters. The first-order valence-corrected chi connectivity index (χ1v) is 6.61. The second kappa shape index (κ2) is 5.56. The topological polar surface area (TPSA) is 57.6 Å². The Kier molecular flexibility index (Phi) is 4.04. The van der Waals surface area contributed by atoms with Gasteiger partial charge in [-0.3, -0.25) is 9.59 Å². The molecule has 1 fully saturated rings. The normalized spacial score (nSPS) is 18.9. The molecule has 0 saturated carbocycles.